The van der Waals surface area contributed by atoms with E-state index in [1.807, 2.05) is 18.2 Å². The van der Waals surface area contributed by atoms with Gasteiger partial charge in [-0.1, -0.05) is 29.8 Å². The second-order valence-electron chi connectivity index (χ2n) is 8.32. The van der Waals surface area contributed by atoms with Crippen molar-refractivity contribution in [1.29, 1.82) is 0 Å². The van der Waals surface area contributed by atoms with Crippen molar-refractivity contribution < 1.29 is 92.3 Å². The normalized spacial score (nSPS) is 30.1. The van der Waals surface area contributed by atoms with Gasteiger partial charge in [0.1, 0.15) is 13.6 Å². The Morgan fingerprint density at radius 3 is 2.23 bits per heavy atom. The SMILES string of the molecule is O=C1C2C3OC(C4C(c5ccccc5Cl)=NNC34)C2C(=O)N1c1ccc(OP(=O)([O-])[O-])cc1.[Na+].[Na+]. The molecule has 4 aliphatic rings. The van der Waals surface area contributed by atoms with Crippen LogP contribution in [0.25, 0.3) is 0 Å². The monoisotopic (exact) mass is 533 g/mol. The summed E-state index contributed by atoms with van der Waals surface area (Å²) in [5, 5.41) is 5.00. The van der Waals surface area contributed by atoms with Crippen molar-refractivity contribution in [1.82, 2.24) is 5.43 Å². The number of rotatable bonds is 4. The van der Waals surface area contributed by atoms with Crippen molar-refractivity contribution in [2.24, 2.45) is 22.9 Å². The maximum Gasteiger partial charge on any atom is 1.00 e. The van der Waals surface area contributed by atoms with Crippen molar-refractivity contribution in [3.63, 3.8) is 0 Å². The molecule has 0 radical (unpaired) electrons. The summed E-state index contributed by atoms with van der Waals surface area (Å²) < 4.78 is 21.2. The van der Waals surface area contributed by atoms with Gasteiger partial charge in [-0.15, -0.1) is 0 Å². The van der Waals surface area contributed by atoms with Crippen LogP contribution in [0.2, 0.25) is 5.02 Å². The van der Waals surface area contributed by atoms with Gasteiger partial charge in [0.25, 0.3) is 0 Å². The van der Waals surface area contributed by atoms with Gasteiger partial charge in [-0.2, -0.15) is 5.10 Å². The molecule has 2 amide bonds. The molecule has 6 atom stereocenters. The third kappa shape index (κ3) is 4.36. The fourth-order valence-electron chi connectivity index (χ4n) is 5.43. The third-order valence-corrected chi connectivity index (χ3v) is 7.39. The van der Waals surface area contributed by atoms with Crippen LogP contribution in [0.3, 0.4) is 0 Å². The Kier molecular flexibility index (Phi) is 7.68. The molecule has 6 rings (SSSR count). The minimum atomic E-state index is -5.21. The van der Waals surface area contributed by atoms with E-state index in [0.29, 0.717) is 10.7 Å². The van der Waals surface area contributed by atoms with Gasteiger partial charge in [-0.05, 0) is 30.3 Å². The Hall–Kier alpha value is -0.750. The van der Waals surface area contributed by atoms with Crippen LogP contribution in [-0.2, 0) is 18.9 Å². The molecule has 2 aromatic rings. The first-order chi connectivity index (χ1) is 15.7. The van der Waals surface area contributed by atoms with Crippen molar-refractivity contribution in [3.05, 3.63) is 59.1 Å². The second kappa shape index (κ2) is 9.85. The largest absolute Gasteiger partial charge is 1.00 e. The number of amides is 2. The molecule has 1 N–H and O–H groups in total. The maximum atomic E-state index is 13.4. The van der Waals surface area contributed by atoms with Gasteiger partial charge < -0.3 is 29.0 Å². The molecular formula is C21H15ClN3Na2O7P. The molecule has 0 aromatic heterocycles. The molecule has 2 aromatic carbocycles. The van der Waals surface area contributed by atoms with E-state index in [1.54, 1.807) is 6.07 Å². The number of halogens is 1. The van der Waals surface area contributed by atoms with E-state index in [2.05, 4.69) is 15.1 Å². The summed E-state index contributed by atoms with van der Waals surface area (Å²) in [6.45, 7) is 0. The summed E-state index contributed by atoms with van der Waals surface area (Å²) in [5.41, 5.74) is 4.80. The molecule has 3 fully saturated rings. The van der Waals surface area contributed by atoms with Crippen LogP contribution in [-0.4, -0.2) is 35.8 Å². The summed E-state index contributed by atoms with van der Waals surface area (Å²) in [4.78, 5) is 49.3. The molecule has 0 saturated carbocycles. The number of carbonyl (C=O) groups excluding carboxylic acids is 2. The van der Waals surface area contributed by atoms with Crippen LogP contribution in [0.5, 0.6) is 5.75 Å². The number of anilines is 1. The zero-order valence-electron chi connectivity index (χ0n) is 18.7. The van der Waals surface area contributed by atoms with E-state index in [-0.39, 0.29) is 82.5 Å². The Bertz CT molecular complexity index is 1270. The van der Waals surface area contributed by atoms with E-state index in [1.165, 1.54) is 24.3 Å². The fourth-order valence-corrected chi connectivity index (χ4v) is 6.04. The van der Waals surface area contributed by atoms with E-state index in [9.17, 15) is 23.9 Å². The molecule has 35 heavy (non-hydrogen) atoms. The minimum Gasteiger partial charge on any atom is -0.780 e. The Morgan fingerprint density at radius 2 is 1.60 bits per heavy atom. The fraction of sp³-hybridized carbons (Fsp3) is 0.286. The summed E-state index contributed by atoms with van der Waals surface area (Å²) in [6, 6.07) is 12.2. The molecule has 4 aliphatic heterocycles. The summed E-state index contributed by atoms with van der Waals surface area (Å²) in [6.07, 6.45) is -1.06. The second-order valence-corrected chi connectivity index (χ2v) is 9.80. The number of carbonyl (C=O) groups is 2. The smallest absolute Gasteiger partial charge is 0.780 e. The van der Waals surface area contributed by atoms with Gasteiger partial charge in [-0.3, -0.25) is 9.59 Å². The van der Waals surface area contributed by atoms with Gasteiger partial charge >= 0.3 is 59.1 Å². The van der Waals surface area contributed by atoms with Crippen molar-refractivity contribution in [2.45, 2.75) is 18.2 Å². The van der Waals surface area contributed by atoms with Crippen molar-refractivity contribution in [2.75, 3.05) is 4.90 Å². The standard InChI is InChI=1S/C21H17ClN3O7P.2Na/c22-12-4-2-1-3-11(12)16-15-17(24-23-16)19-14-13(18(15)31-19)20(26)25(21(14)27)9-5-7-10(8-6-9)32-33(28,29)30;;/h1-8,13-15,17-19,24H,(H2,28,29,30);;/q;2*+1/p-2. The number of imide groups is 1. The predicted molar refractivity (Wildman–Crippen MR) is 111 cm³/mol. The maximum absolute atomic E-state index is 13.4. The summed E-state index contributed by atoms with van der Waals surface area (Å²) in [5.74, 6) is -2.54. The van der Waals surface area contributed by atoms with Gasteiger partial charge in [0.2, 0.25) is 11.8 Å². The molecule has 6 unspecified atom stereocenters. The van der Waals surface area contributed by atoms with E-state index >= 15 is 0 Å². The number of benzene rings is 2. The first-order valence-corrected chi connectivity index (χ1v) is 12.0. The number of hydrazone groups is 1. The van der Waals surface area contributed by atoms with Gasteiger partial charge in [0.15, 0.2) is 0 Å². The van der Waals surface area contributed by atoms with Crippen LogP contribution in [0.4, 0.5) is 5.69 Å². The predicted octanol–water partition coefficient (Wildman–Crippen LogP) is -5.57. The third-order valence-electron chi connectivity index (χ3n) is 6.63. The average molecular weight is 534 g/mol. The molecule has 3 saturated heterocycles. The van der Waals surface area contributed by atoms with Crippen molar-refractivity contribution in [3.8, 4) is 5.75 Å². The molecule has 4 heterocycles. The van der Waals surface area contributed by atoms with Crippen LogP contribution in [0.1, 0.15) is 5.56 Å². The van der Waals surface area contributed by atoms with E-state index in [0.717, 1.165) is 10.5 Å². The number of phosphoric acid groups is 1. The first-order valence-electron chi connectivity index (χ1n) is 10.2. The van der Waals surface area contributed by atoms with Crippen LogP contribution < -0.4 is 83.8 Å². The quantitative estimate of drug-likeness (QED) is 0.233. The number of hydrogen-bond donors (Lipinski definition) is 1. The first kappa shape index (κ1) is 27.3. The van der Waals surface area contributed by atoms with Gasteiger partial charge in [0.05, 0.1) is 47.4 Å². The van der Waals surface area contributed by atoms with E-state index in [4.69, 9.17) is 16.3 Å². The molecule has 2 bridgehead atoms. The molecular weight excluding hydrogens is 519 g/mol. The van der Waals surface area contributed by atoms with Gasteiger partial charge in [0, 0.05) is 10.6 Å². The number of nitrogens with zero attached hydrogens (tertiary/aromatic N) is 2. The topological polar surface area (TPSA) is 143 Å². The Labute approximate surface area is 249 Å². The average Bonchev–Trinajstić information content (AvgIpc) is 3.49. The summed E-state index contributed by atoms with van der Waals surface area (Å²) in [7, 11) is -5.21. The molecule has 170 valence electrons. The molecule has 0 spiro atoms. The molecule has 0 aliphatic carbocycles. The Morgan fingerprint density at radius 1 is 0.971 bits per heavy atom. The van der Waals surface area contributed by atoms with E-state index < -0.39 is 43.7 Å². The number of nitrogens with one attached hydrogen (secondary N) is 1. The number of ether oxygens (including phenoxy) is 1. The summed E-state index contributed by atoms with van der Waals surface area (Å²) >= 11 is 6.37. The molecule has 14 heteroatoms. The number of fused-ring (bicyclic) bond motifs is 8. The minimum absolute atomic E-state index is 0. The van der Waals surface area contributed by atoms with Crippen LogP contribution >= 0.6 is 19.4 Å². The van der Waals surface area contributed by atoms with Crippen molar-refractivity contribution >= 4 is 42.6 Å². The van der Waals surface area contributed by atoms with Crippen LogP contribution in [0, 0.1) is 17.8 Å². The number of phosphoric ester groups is 1. The van der Waals surface area contributed by atoms with Crippen LogP contribution in [0.15, 0.2) is 53.6 Å². The van der Waals surface area contributed by atoms with Gasteiger partial charge in [-0.25, -0.2) is 4.90 Å². The zero-order chi connectivity index (χ0) is 23.1. The zero-order valence-corrected chi connectivity index (χ0v) is 24.3. The molecule has 10 nitrogen and oxygen atoms in total. The number of hydrogen-bond acceptors (Lipinski definition) is 9. The Balaban J connectivity index is 0.00000144.